The Bertz CT molecular complexity index is 513. The van der Waals surface area contributed by atoms with Gasteiger partial charge in [-0.15, -0.1) is 0 Å². The Morgan fingerprint density at radius 1 is 1.41 bits per heavy atom. The van der Waals surface area contributed by atoms with Crippen LogP contribution in [-0.2, 0) is 13.1 Å². The molecule has 5 nitrogen and oxygen atoms in total. The van der Waals surface area contributed by atoms with E-state index in [0.717, 1.165) is 35.0 Å². The number of aryl methyl sites for hydroxylation is 2. The topological polar surface area (TPSA) is 55.9 Å². The van der Waals surface area contributed by atoms with Gasteiger partial charge < -0.3 is 9.84 Å². The second-order valence-electron chi connectivity index (χ2n) is 4.07. The lowest BCUT2D eigenvalue weighted by Gasteiger charge is -1.98. The van der Waals surface area contributed by atoms with Crippen LogP contribution in [-0.4, -0.2) is 22.0 Å². The van der Waals surface area contributed by atoms with Crippen LogP contribution in [0.3, 0.4) is 0 Å². The Balaban J connectivity index is 2.41. The zero-order chi connectivity index (χ0) is 12.4. The molecule has 0 unspecified atom stereocenters. The van der Waals surface area contributed by atoms with Crippen LogP contribution in [0, 0.1) is 13.8 Å². The van der Waals surface area contributed by atoms with Crippen LogP contribution in [0.2, 0.25) is 0 Å². The summed E-state index contributed by atoms with van der Waals surface area (Å²) in [5.74, 6) is 0.796. The number of nitrogens with one attached hydrogen (secondary N) is 1. The standard InChI is InChI=1S/C12H18N4O/c1-5-16-9(3)12(8(2)14-16)11-6-10(7-13-4)15-17-11/h6,13H,5,7H2,1-4H3. The first kappa shape index (κ1) is 11.9. The van der Waals surface area contributed by atoms with E-state index in [1.54, 1.807) is 0 Å². The van der Waals surface area contributed by atoms with Crippen LogP contribution in [0.1, 0.15) is 24.0 Å². The summed E-state index contributed by atoms with van der Waals surface area (Å²) < 4.78 is 7.36. The predicted molar refractivity (Wildman–Crippen MR) is 65.6 cm³/mol. The largest absolute Gasteiger partial charge is 0.356 e. The number of hydrogen-bond donors (Lipinski definition) is 1. The number of aromatic nitrogens is 3. The molecule has 0 saturated heterocycles. The molecule has 17 heavy (non-hydrogen) atoms. The Kier molecular flexibility index (Phi) is 3.28. The summed E-state index contributed by atoms with van der Waals surface area (Å²) in [4.78, 5) is 0. The SMILES string of the molecule is CCn1nc(C)c(-c2cc(CNC)no2)c1C. The van der Waals surface area contributed by atoms with Gasteiger partial charge in [-0.3, -0.25) is 4.68 Å². The third kappa shape index (κ3) is 2.10. The molecule has 5 heteroatoms. The average molecular weight is 234 g/mol. The van der Waals surface area contributed by atoms with Gasteiger partial charge in [0.2, 0.25) is 0 Å². The van der Waals surface area contributed by atoms with E-state index in [2.05, 4.69) is 29.4 Å². The van der Waals surface area contributed by atoms with Crippen LogP contribution in [0.15, 0.2) is 10.6 Å². The van der Waals surface area contributed by atoms with Gasteiger partial charge in [0.05, 0.1) is 17.0 Å². The minimum absolute atomic E-state index is 0.712. The summed E-state index contributed by atoms with van der Waals surface area (Å²) in [5.41, 5.74) is 4.07. The molecule has 2 heterocycles. The third-order valence-electron chi connectivity index (χ3n) is 2.84. The third-order valence-corrected chi connectivity index (χ3v) is 2.84. The van der Waals surface area contributed by atoms with Crippen molar-refractivity contribution in [1.82, 2.24) is 20.3 Å². The lowest BCUT2D eigenvalue weighted by atomic mass is 10.1. The molecule has 0 radical (unpaired) electrons. The molecule has 0 aliphatic carbocycles. The summed E-state index contributed by atoms with van der Waals surface area (Å²) in [6, 6.07) is 1.97. The molecule has 0 saturated carbocycles. The fourth-order valence-corrected chi connectivity index (χ4v) is 2.06. The highest BCUT2D eigenvalue weighted by atomic mass is 16.5. The van der Waals surface area contributed by atoms with Crippen LogP contribution >= 0.6 is 0 Å². The van der Waals surface area contributed by atoms with E-state index in [9.17, 15) is 0 Å². The maximum Gasteiger partial charge on any atom is 0.170 e. The summed E-state index contributed by atoms with van der Waals surface area (Å²) in [7, 11) is 1.89. The second kappa shape index (κ2) is 4.71. The van der Waals surface area contributed by atoms with Crippen LogP contribution < -0.4 is 5.32 Å². The first-order valence-electron chi connectivity index (χ1n) is 5.82. The zero-order valence-corrected chi connectivity index (χ0v) is 10.7. The fraction of sp³-hybridized carbons (Fsp3) is 0.500. The van der Waals surface area contributed by atoms with Gasteiger partial charge in [0.25, 0.3) is 0 Å². The Labute approximate surface area is 101 Å². The molecule has 0 amide bonds. The molecule has 0 aliphatic heterocycles. The van der Waals surface area contributed by atoms with Gasteiger partial charge in [-0.2, -0.15) is 5.10 Å². The summed E-state index contributed by atoms with van der Waals surface area (Å²) in [5, 5.41) is 11.5. The van der Waals surface area contributed by atoms with E-state index >= 15 is 0 Å². The molecule has 2 aromatic heterocycles. The van der Waals surface area contributed by atoms with E-state index in [1.807, 2.05) is 24.7 Å². The maximum atomic E-state index is 5.38. The highest BCUT2D eigenvalue weighted by molar-refractivity contribution is 5.63. The molecule has 1 N–H and O–H groups in total. The van der Waals surface area contributed by atoms with Crippen molar-refractivity contribution in [2.24, 2.45) is 0 Å². The monoisotopic (exact) mass is 234 g/mol. The van der Waals surface area contributed by atoms with Crippen molar-refractivity contribution < 1.29 is 4.52 Å². The Hall–Kier alpha value is -1.62. The van der Waals surface area contributed by atoms with Crippen LogP contribution in [0.5, 0.6) is 0 Å². The first-order chi connectivity index (χ1) is 8.17. The molecule has 0 aromatic carbocycles. The van der Waals surface area contributed by atoms with E-state index < -0.39 is 0 Å². The van der Waals surface area contributed by atoms with Crippen LogP contribution in [0.4, 0.5) is 0 Å². The van der Waals surface area contributed by atoms with Gasteiger partial charge in [-0.25, -0.2) is 0 Å². The van der Waals surface area contributed by atoms with Crippen molar-refractivity contribution in [3.05, 3.63) is 23.1 Å². The molecule has 0 atom stereocenters. The van der Waals surface area contributed by atoms with Gasteiger partial charge in [0.15, 0.2) is 5.76 Å². The number of rotatable bonds is 4. The quantitative estimate of drug-likeness (QED) is 0.877. The van der Waals surface area contributed by atoms with Gasteiger partial charge in [-0.05, 0) is 27.8 Å². The minimum Gasteiger partial charge on any atom is -0.356 e. The van der Waals surface area contributed by atoms with Crippen LogP contribution in [0.25, 0.3) is 11.3 Å². The van der Waals surface area contributed by atoms with E-state index in [4.69, 9.17) is 4.52 Å². The van der Waals surface area contributed by atoms with Crippen molar-refractivity contribution in [3.8, 4) is 11.3 Å². The predicted octanol–water partition coefficient (Wildman–Crippen LogP) is 1.89. The Morgan fingerprint density at radius 3 is 2.76 bits per heavy atom. The highest BCUT2D eigenvalue weighted by Gasteiger charge is 2.16. The average Bonchev–Trinajstić information content (AvgIpc) is 2.84. The van der Waals surface area contributed by atoms with E-state index in [1.165, 1.54) is 0 Å². The first-order valence-corrected chi connectivity index (χ1v) is 5.82. The summed E-state index contributed by atoms with van der Waals surface area (Å²) in [6.45, 7) is 7.71. The molecule has 0 bridgehead atoms. The molecular formula is C12H18N4O. The van der Waals surface area contributed by atoms with Crippen molar-refractivity contribution >= 4 is 0 Å². The summed E-state index contributed by atoms with van der Waals surface area (Å²) in [6.07, 6.45) is 0. The van der Waals surface area contributed by atoms with Gasteiger partial charge in [0, 0.05) is 24.8 Å². The minimum atomic E-state index is 0.712. The fourth-order valence-electron chi connectivity index (χ4n) is 2.06. The van der Waals surface area contributed by atoms with Gasteiger partial charge in [-0.1, -0.05) is 5.16 Å². The Morgan fingerprint density at radius 2 is 2.18 bits per heavy atom. The second-order valence-corrected chi connectivity index (χ2v) is 4.07. The van der Waals surface area contributed by atoms with Crippen molar-refractivity contribution in [3.63, 3.8) is 0 Å². The normalized spacial score (nSPS) is 11.1. The molecule has 2 rings (SSSR count). The zero-order valence-electron chi connectivity index (χ0n) is 10.7. The lowest BCUT2D eigenvalue weighted by molar-refractivity contribution is 0.421. The number of nitrogens with zero attached hydrogens (tertiary/aromatic N) is 3. The van der Waals surface area contributed by atoms with Gasteiger partial charge >= 0.3 is 0 Å². The van der Waals surface area contributed by atoms with Crippen molar-refractivity contribution in [2.45, 2.75) is 33.9 Å². The molecule has 92 valence electrons. The van der Waals surface area contributed by atoms with E-state index in [-0.39, 0.29) is 0 Å². The number of hydrogen-bond acceptors (Lipinski definition) is 4. The van der Waals surface area contributed by atoms with Crippen molar-refractivity contribution in [1.29, 1.82) is 0 Å². The molecule has 0 aliphatic rings. The lowest BCUT2D eigenvalue weighted by Crippen LogP contribution is -2.04. The smallest absolute Gasteiger partial charge is 0.170 e. The molecule has 0 fully saturated rings. The molecular weight excluding hydrogens is 216 g/mol. The maximum absolute atomic E-state index is 5.38. The van der Waals surface area contributed by atoms with Gasteiger partial charge in [0.1, 0.15) is 0 Å². The molecule has 0 spiro atoms. The summed E-state index contributed by atoms with van der Waals surface area (Å²) >= 11 is 0. The van der Waals surface area contributed by atoms with Crippen molar-refractivity contribution in [2.75, 3.05) is 7.05 Å². The highest BCUT2D eigenvalue weighted by Crippen LogP contribution is 2.27. The molecule has 2 aromatic rings. The van der Waals surface area contributed by atoms with E-state index in [0.29, 0.717) is 6.54 Å².